The lowest BCUT2D eigenvalue weighted by Crippen LogP contribution is -2.49. The van der Waals surface area contributed by atoms with Crippen LogP contribution in [0.3, 0.4) is 0 Å². The SMILES string of the molecule is O=C(Cc1ccc(-n2cnnn2)cc1)N1CCN(c2ccnc(-c3ccccc3)n2)CC1. The van der Waals surface area contributed by atoms with Crippen LogP contribution in [-0.4, -0.2) is 67.2 Å². The predicted molar refractivity (Wildman–Crippen MR) is 119 cm³/mol. The molecule has 160 valence electrons. The molecule has 0 bridgehead atoms. The zero-order valence-electron chi connectivity index (χ0n) is 17.4. The van der Waals surface area contributed by atoms with E-state index in [-0.39, 0.29) is 5.91 Å². The fourth-order valence-electron chi connectivity index (χ4n) is 3.77. The highest BCUT2D eigenvalue weighted by atomic mass is 16.2. The van der Waals surface area contributed by atoms with Crippen LogP contribution in [-0.2, 0) is 11.2 Å². The van der Waals surface area contributed by atoms with E-state index in [1.165, 1.54) is 0 Å². The molecule has 1 aliphatic rings. The summed E-state index contributed by atoms with van der Waals surface area (Å²) in [4.78, 5) is 26.1. The van der Waals surface area contributed by atoms with E-state index < -0.39 is 0 Å². The Morgan fingerprint density at radius 2 is 1.69 bits per heavy atom. The number of piperazine rings is 1. The molecule has 2 aromatic carbocycles. The molecule has 1 saturated heterocycles. The average Bonchev–Trinajstić information content (AvgIpc) is 3.40. The van der Waals surface area contributed by atoms with Crippen LogP contribution in [0.1, 0.15) is 5.56 Å². The molecule has 9 heteroatoms. The zero-order chi connectivity index (χ0) is 21.8. The van der Waals surface area contributed by atoms with E-state index in [1.54, 1.807) is 17.2 Å². The van der Waals surface area contributed by atoms with Gasteiger partial charge in [0.05, 0.1) is 12.1 Å². The van der Waals surface area contributed by atoms with Crippen LogP contribution in [0.25, 0.3) is 17.1 Å². The average molecular weight is 426 g/mol. The second kappa shape index (κ2) is 8.93. The van der Waals surface area contributed by atoms with E-state index in [4.69, 9.17) is 4.98 Å². The highest BCUT2D eigenvalue weighted by Gasteiger charge is 2.22. The van der Waals surface area contributed by atoms with E-state index >= 15 is 0 Å². The van der Waals surface area contributed by atoms with Gasteiger partial charge in [0, 0.05) is 37.9 Å². The first kappa shape index (κ1) is 19.8. The van der Waals surface area contributed by atoms with Crippen molar-refractivity contribution in [1.82, 2.24) is 35.1 Å². The number of hydrogen-bond acceptors (Lipinski definition) is 7. The maximum atomic E-state index is 12.8. The minimum absolute atomic E-state index is 0.132. The first-order valence-electron chi connectivity index (χ1n) is 10.5. The lowest BCUT2D eigenvalue weighted by Gasteiger charge is -2.35. The predicted octanol–water partition coefficient (Wildman–Crippen LogP) is 2.01. The van der Waals surface area contributed by atoms with Crippen LogP contribution in [0.4, 0.5) is 5.82 Å². The van der Waals surface area contributed by atoms with Gasteiger partial charge in [-0.05, 0) is 34.2 Å². The Kier molecular flexibility index (Phi) is 5.52. The third kappa shape index (κ3) is 4.31. The summed E-state index contributed by atoms with van der Waals surface area (Å²) in [6.45, 7) is 2.84. The van der Waals surface area contributed by atoms with Gasteiger partial charge in [-0.3, -0.25) is 4.79 Å². The number of rotatable bonds is 5. The van der Waals surface area contributed by atoms with Crippen molar-refractivity contribution in [2.24, 2.45) is 0 Å². The number of aromatic nitrogens is 6. The Bertz CT molecular complexity index is 1170. The lowest BCUT2D eigenvalue weighted by molar-refractivity contribution is -0.130. The summed E-state index contributed by atoms with van der Waals surface area (Å²) in [6, 6.07) is 19.6. The summed E-state index contributed by atoms with van der Waals surface area (Å²) in [7, 11) is 0. The molecule has 4 aromatic rings. The molecule has 1 amide bonds. The van der Waals surface area contributed by atoms with Crippen LogP contribution in [0.5, 0.6) is 0 Å². The fraction of sp³-hybridized carbons (Fsp3) is 0.217. The Hall–Kier alpha value is -4.14. The van der Waals surface area contributed by atoms with Gasteiger partial charge in [-0.25, -0.2) is 14.6 Å². The molecular formula is C23H22N8O. The zero-order valence-corrected chi connectivity index (χ0v) is 17.4. The Morgan fingerprint density at radius 1 is 0.906 bits per heavy atom. The van der Waals surface area contributed by atoms with Gasteiger partial charge in [-0.1, -0.05) is 42.5 Å². The summed E-state index contributed by atoms with van der Waals surface area (Å²) in [5.41, 5.74) is 2.83. The first-order chi connectivity index (χ1) is 15.8. The van der Waals surface area contributed by atoms with Crippen LogP contribution in [0.15, 0.2) is 73.2 Å². The first-order valence-corrected chi connectivity index (χ1v) is 10.5. The number of tetrazole rings is 1. The summed E-state index contributed by atoms with van der Waals surface area (Å²) in [5, 5.41) is 11.1. The lowest BCUT2D eigenvalue weighted by atomic mass is 10.1. The minimum Gasteiger partial charge on any atom is -0.353 e. The molecule has 0 saturated carbocycles. The van der Waals surface area contributed by atoms with Crippen molar-refractivity contribution >= 4 is 11.7 Å². The number of amides is 1. The van der Waals surface area contributed by atoms with E-state index in [9.17, 15) is 4.79 Å². The largest absolute Gasteiger partial charge is 0.353 e. The molecule has 0 N–H and O–H groups in total. The van der Waals surface area contributed by atoms with E-state index in [1.807, 2.05) is 65.6 Å². The highest BCUT2D eigenvalue weighted by Crippen LogP contribution is 2.19. The molecule has 0 aliphatic carbocycles. The van der Waals surface area contributed by atoms with Crippen molar-refractivity contribution < 1.29 is 4.79 Å². The van der Waals surface area contributed by atoms with E-state index in [0.717, 1.165) is 35.7 Å². The van der Waals surface area contributed by atoms with Gasteiger partial charge >= 0.3 is 0 Å². The smallest absolute Gasteiger partial charge is 0.227 e. The van der Waals surface area contributed by atoms with Gasteiger partial charge in [0.15, 0.2) is 5.82 Å². The summed E-state index contributed by atoms with van der Waals surface area (Å²) in [5.74, 6) is 1.74. The number of carbonyl (C=O) groups excluding carboxylic acids is 1. The molecule has 0 unspecified atom stereocenters. The van der Waals surface area contributed by atoms with Crippen LogP contribution in [0, 0.1) is 0 Å². The molecule has 32 heavy (non-hydrogen) atoms. The molecule has 5 rings (SSSR count). The van der Waals surface area contributed by atoms with E-state index in [2.05, 4.69) is 25.4 Å². The summed E-state index contributed by atoms with van der Waals surface area (Å²) in [6.07, 6.45) is 3.71. The van der Waals surface area contributed by atoms with Gasteiger partial charge in [-0.15, -0.1) is 5.10 Å². The fourth-order valence-corrected chi connectivity index (χ4v) is 3.77. The molecule has 0 radical (unpaired) electrons. The van der Waals surface area contributed by atoms with Crippen molar-refractivity contribution in [3.05, 3.63) is 78.8 Å². The van der Waals surface area contributed by atoms with Gasteiger partial charge in [0.25, 0.3) is 0 Å². The van der Waals surface area contributed by atoms with Crippen molar-refractivity contribution in [2.75, 3.05) is 31.1 Å². The van der Waals surface area contributed by atoms with Crippen molar-refractivity contribution in [3.8, 4) is 17.1 Å². The number of hydrogen-bond donors (Lipinski definition) is 0. The maximum Gasteiger partial charge on any atom is 0.227 e. The van der Waals surface area contributed by atoms with Crippen LogP contribution >= 0.6 is 0 Å². The Labute approximate surface area is 185 Å². The normalized spacial score (nSPS) is 13.9. The summed E-state index contributed by atoms with van der Waals surface area (Å²) >= 11 is 0. The second-order valence-corrected chi connectivity index (χ2v) is 7.57. The number of anilines is 1. The third-order valence-corrected chi connectivity index (χ3v) is 5.53. The van der Waals surface area contributed by atoms with Crippen LogP contribution in [0.2, 0.25) is 0 Å². The topological polar surface area (TPSA) is 92.9 Å². The molecule has 1 fully saturated rings. The minimum atomic E-state index is 0.132. The van der Waals surface area contributed by atoms with Gasteiger partial charge in [0.2, 0.25) is 5.91 Å². The van der Waals surface area contributed by atoms with Gasteiger partial charge in [0.1, 0.15) is 12.1 Å². The molecule has 1 aliphatic heterocycles. The van der Waals surface area contributed by atoms with Crippen molar-refractivity contribution in [2.45, 2.75) is 6.42 Å². The third-order valence-electron chi connectivity index (χ3n) is 5.53. The molecule has 3 heterocycles. The standard InChI is InChI=1S/C23H22N8O/c32-22(16-18-6-8-20(9-7-18)31-17-25-27-28-31)30-14-12-29(13-15-30)21-10-11-24-23(26-21)19-4-2-1-3-5-19/h1-11,17H,12-16H2. The maximum absolute atomic E-state index is 12.8. The Balaban J connectivity index is 1.18. The molecule has 0 spiro atoms. The van der Waals surface area contributed by atoms with Gasteiger partial charge < -0.3 is 9.80 Å². The Morgan fingerprint density at radius 3 is 2.41 bits per heavy atom. The van der Waals surface area contributed by atoms with Gasteiger partial charge in [-0.2, -0.15) is 0 Å². The van der Waals surface area contributed by atoms with Crippen LogP contribution < -0.4 is 4.90 Å². The van der Waals surface area contributed by atoms with Crippen molar-refractivity contribution in [3.63, 3.8) is 0 Å². The van der Waals surface area contributed by atoms with Crippen molar-refractivity contribution in [1.29, 1.82) is 0 Å². The molecule has 2 aromatic heterocycles. The second-order valence-electron chi connectivity index (χ2n) is 7.57. The van der Waals surface area contributed by atoms with E-state index in [0.29, 0.717) is 25.3 Å². The number of nitrogens with zero attached hydrogens (tertiary/aromatic N) is 8. The number of carbonyl (C=O) groups is 1. The molecule has 0 atom stereocenters. The quantitative estimate of drug-likeness (QED) is 0.482. The molecule has 9 nitrogen and oxygen atoms in total. The summed E-state index contributed by atoms with van der Waals surface area (Å²) < 4.78 is 1.58. The monoisotopic (exact) mass is 426 g/mol. The highest BCUT2D eigenvalue weighted by molar-refractivity contribution is 5.79. The molecular weight excluding hydrogens is 404 g/mol. The number of benzene rings is 2.